The zero-order chi connectivity index (χ0) is 15.5. The quantitative estimate of drug-likeness (QED) is 0.615. The Hall–Kier alpha value is -1.46. The highest BCUT2D eigenvalue weighted by molar-refractivity contribution is 14.1. The van der Waals surface area contributed by atoms with Gasteiger partial charge in [-0.05, 0) is 46.7 Å². The van der Waals surface area contributed by atoms with Crippen molar-refractivity contribution in [3.63, 3.8) is 0 Å². The van der Waals surface area contributed by atoms with E-state index in [2.05, 4.69) is 15.3 Å². The van der Waals surface area contributed by atoms with Crippen LogP contribution in [0.15, 0.2) is 40.3 Å². The molecule has 0 amide bonds. The van der Waals surface area contributed by atoms with E-state index in [-0.39, 0.29) is 10.5 Å². The molecule has 1 aromatic carbocycles. The minimum atomic E-state index is -3.66. The fraction of sp³-hybridized carbons (Fsp3) is 0.167. The van der Waals surface area contributed by atoms with E-state index in [4.69, 9.17) is 5.14 Å². The average Bonchev–Trinajstić information content (AvgIpc) is 2.43. The second kappa shape index (κ2) is 6.54. The minimum absolute atomic E-state index is 0.0880. The third kappa shape index (κ3) is 4.25. The van der Waals surface area contributed by atoms with Crippen molar-refractivity contribution >= 4 is 38.4 Å². The fourth-order valence-electron chi connectivity index (χ4n) is 1.68. The first-order chi connectivity index (χ1) is 9.88. The summed E-state index contributed by atoms with van der Waals surface area (Å²) >= 11 is 1.92. The molecule has 2 aromatic rings. The number of nitrogens with two attached hydrogens (primary N) is 1. The van der Waals surface area contributed by atoms with Crippen LogP contribution in [-0.2, 0) is 16.4 Å². The Bertz CT molecular complexity index is 787. The summed E-state index contributed by atoms with van der Waals surface area (Å²) in [5, 5.41) is 8.10. The molecule has 0 aliphatic heterocycles. The number of anilines is 1. The molecule has 0 radical (unpaired) electrons. The molecule has 0 saturated carbocycles. The van der Waals surface area contributed by atoms with Crippen LogP contribution in [0.4, 0.5) is 5.82 Å². The van der Waals surface area contributed by atoms with Gasteiger partial charge in [0, 0.05) is 6.54 Å². The summed E-state index contributed by atoms with van der Waals surface area (Å²) in [4.78, 5) is 18.0. The van der Waals surface area contributed by atoms with Gasteiger partial charge in [0.25, 0.3) is 5.56 Å². The molecule has 1 heterocycles. The van der Waals surface area contributed by atoms with Crippen LogP contribution in [0.25, 0.3) is 0 Å². The molecule has 1 aromatic heterocycles. The van der Waals surface area contributed by atoms with Crippen molar-refractivity contribution in [2.24, 2.45) is 5.14 Å². The first-order valence-corrected chi connectivity index (χ1v) is 8.59. The van der Waals surface area contributed by atoms with Crippen molar-refractivity contribution < 1.29 is 8.42 Å². The topological polar surface area (TPSA) is 118 Å². The predicted octanol–water partition coefficient (Wildman–Crippen LogP) is 0.676. The van der Waals surface area contributed by atoms with Gasteiger partial charge in [0.15, 0.2) is 0 Å². The Kier molecular flexibility index (Phi) is 4.96. The van der Waals surface area contributed by atoms with Crippen LogP contribution < -0.4 is 16.0 Å². The SMILES string of the molecule is NS(=O)(=O)c1ccc(CCNc2nc[nH]c(=O)c2I)cc1. The summed E-state index contributed by atoms with van der Waals surface area (Å²) in [5.74, 6) is 0.528. The van der Waals surface area contributed by atoms with Crippen LogP contribution in [0, 0.1) is 3.57 Å². The lowest BCUT2D eigenvalue weighted by Crippen LogP contribution is -2.16. The van der Waals surface area contributed by atoms with Crippen molar-refractivity contribution in [3.05, 3.63) is 50.1 Å². The molecule has 0 aliphatic rings. The van der Waals surface area contributed by atoms with E-state index in [9.17, 15) is 13.2 Å². The fourth-order valence-corrected chi connectivity index (χ4v) is 2.68. The molecule has 0 unspecified atom stereocenters. The van der Waals surface area contributed by atoms with Crippen LogP contribution in [0.1, 0.15) is 5.56 Å². The number of benzene rings is 1. The molecule has 9 heteroatoms. The molecule has 0 aliphatic carbocycles. The molecule has 0 bridgehead atoms. The maximum Gasteiger partial charge on any atom is 0.266 e. The number of rotatable bonds is 5. The second-order valence-electron chi connectivity index (χ2n) is 4.26. The number of hydrogen-bond donors (Lipinski definition) is 3. The Balaban J connectivity index is 1.98. The summed E-state index contributed by atoms with van der Waals surface area (Å²) < 4.78 is 22.8. The number of aromatic amines is 1. The van der Waals surface area contributed by atoms with E-state index in [0.29, 0.717) is 22.4 Å². The Morgan fingerprint density at radius 2 is 1.95 bits per heavy atom. The largest absolute Gasteiger partial charge is 0.369 e. The molecule has 0 saturated heterocycles. The minimum Gasteiger partial charge on any atom is -0.369 e. The van der Waals surface area contributed by atoms with E-state index >= 15 is 0 Å². The van der Waals surface area contributed by atoms with Gasteiger partial charge in [-0.1, -0.05) is 12.1 Å². The van der Waals surface area contributed by atoms with Gasteiger partial charge in [-0.2, -0.15) is 0 Å². The summed E-state index contributed by atoms with van der Waals surface area (Å²) in [5.41, 5.74) is 0.764. The average molecular weight is 420 g/mol. The highest BCUT2D eigenvalue weighted by Crippen LogP contribution is 2.11. The first-order valence-electron chi connectivity index (χ1n) is 5.97. The van der Waals surface area contributed by atoms with Gasteiger partial charge in [-0.3, -0.25) is 4.79 Å². The van der Waals surface area contributed by atoms with Gasteiger partial charge < -0.3 is 10.3 Å². The third-order valence-electron chi connectivity index (χ3n) is 2.75. The summed E-state index contributed by atoms with van der Waals surface area (Å²) in [6.07, 6.45) is 2.00. The molecule has 4 N–H and O–H groups in total. The lowest BCUT2D eigenvalue weighted by Gasteiger charge is -2.07. The maximum atomic E-state index is 11.4. The van der Waals surface area contributed by atoms with Crippen molar-refractivity contribution in [1.82, 2.24) is 9.97 Å². The highest BCUT2D eigenvalue weighted by atomic mass is 127. The molecule has 0 fully saturated rings. The smallest absolute Gasteiger partial charge is 0.266 e. The van der Waals surface area contributed by atoms with Crippen molar-refractivity contribution in [1.29, 1.82) is 0 Å². The number of H-pyrrole nitrogens is 1. The van der Waals surface area contributed by atoms with Gasteiger partial charge in [-0.15, -0.1) is 0 Å². The number of nitrogens with one attached hydrogen (secondary N) is 2. The second-order valence-corrected chi connectivity index (χ2v) is 6.90. The van der Waals surface area contributed by atoms with Gasteiger partial charge in [0.2, 0.25) is 10.0 Å². The van der Waals surface area contributed by atoms with E-state index in [1.807, 2.05) is 22.6 Å². The lowest BCUT2D eigenvalue weighted by molar-refractivity contribution is 0.598. The number of primary sulfonamides is 1. The Morgan fingerprint density at radius 3 is 2.57 bits per heavy atom. The summed E-state index contributed by atoms with van der Waals surface area (Å²) in [6, 6.07) is 6.36. The molecule has 0 atom stereocenters. The first kappa shape index (κ1) is 15.9. The molecule has 2 rings (SSSR count). The number of hydrogen-bond acceptors (Lipinski definition) is 5. The van der Waals surface area contributed by atoms with Crippen LogP contribution >= 0.6 is 22.6 Å². The van der Waals surface area contributed by atoms with Crippen molar-refractivity contribution in [2.45, 2.75) is 11.3 Å². The zero-order valence-corrected chi connectivity index (χ0v) is 13.8. The molecule has 0 spiro atoms. The van der Waals surface area contributed by atoms with E-state index in [1.165, 1.54) is 18.5 Å². The molecule has 7 nitrogen and oxygen atoms in total. The number of aromatic nitrogens is 2. The van der Waals surface area contributed by atoms with E-state index in [1.54, 1.807) is 12.1 Å². The van der Waals surface area contributed by atoms with Crippen molar-refractivity contribution in [3.8, 4) is 0 Å². The third-order valence-corrected chi connectivity index (χ3v) is 4.68. The van der Waals surface area contributed by atoms with Gasteiger partial charge in [0.05, 0.1) is 11.2 Å². The lowest BCUT2D eigenvalue weighted by atomic mass is 10.1. The predicted molar refractivity (Wildman–Crippen MR) is 87.6 cm³/mol. The Morgan fingerprint density at radius 1 is 1.29 bits per heavy atom. The maximum absolute atomic E-state index is 11.4. The van der Waals surface area contributed by atoms with E-state index < -0.39 is 10.0 Å². The molecular formula is C12H13IN4O3S. The number of sulfonamides is 1. The van der Waals surface area contributed by atoms with Crippen LogP contribution in [0.5, 0.6) is 0 Å². The molecule has 112 valence electrons. The van der Waals surface area contributed by atoms with Gasteiger partial charge in [0.1, 0.15) is 9.39 Å². The van der Waals surface area contributed by atoms with Gasteiger partial charge in [-0.25, -0.2) is 18.5 Å². The standard InChI is InChI=1S/C12H13IN4O3S/c13-10-11(16-7-17-12(10)18)15-6-5-8-1-3-9(4-2-8)21(14,19)20/h1-4,7H,5-6H2,(H2,14,19,20)(H2,15,16,17,18). The summed E-state index contributed by atoms with van der Waals surface area (Å²) in [6.45, 7) is 0.571. The number of halogens is 1. The van der Waals surface area contributed by atoms with Crippen LogP contribution in [0.2, 0.25) is 0 Å². The van der Waals surface area contributed by atoms with Gasteiger partial charge >= 0.3 is 0 Å². The van der Waals surface area contributed by atoms with Crippen LogP contribution in [0.3, 0.4) is 0 Å². The zero-order valence-electron chi connectivity index (χ0n) is 10.8. The highest BCUT2D eigenvalue weighted by Gasteiger charge is 2.07. The molecular weight excluding hydrogens is 407 g/mol. The Labute approximate surface area is 135 Å². The number of nitrogens with zero attached hydrogens (tertiary/aromatic N) is 1. The van der Waals surface area contributed by atoms with Crippen LogP contribution in [-0.4, -0.2) is 24.9 Å². The summed E-state index contributed by atoms with van der Waals surface area (Å²) in [7, 11) is -3.66. The van der Waals surface area contributed by atoms with Crippen molar-refractivity contribution in [2.75, 3.05) is 11.9 Å². The van der Waals surface area contributed by atoms with E-state index in [0.717, 1.165) is 5.56 Å². The molecule has 21 heavy (non-hydrogen) atoms. The normalized spacial score (nSPS) is 11.3. The monoisotopic (exact) mass is 420 g/mol.